The van der Waals surface area contributed by atoms with E-state index in [0.29, 0.717) is 11.8 Å². The predicted molar refractivity (Wildman–Crippen MR) is 141 cm³/mol. The van der Waals surface area contributed by atoms with E-state index in [-0.39, 0.29) is 13.1 Å². The Morgan fingerprint density at radius 3 is 1.55 bits per heavy atom. The Bertz CT molecular complexity index is 1060. The van der Waals surface area contributed by atoms with Crippen LogP contribution in [0.1, 0.15) is 73.2 Å². The monoisotopic (exact) mass is 523 g/mol. The summed E-state index contributed by atoms with van der Waals surface area (Å²) in [6.45, 7) is 13.0. The van der Waals surface area contributed by atoms with Crippen molar-refractivity contribution in [2.75, 3.05) is 0 Å². The number of para-hydroxylation sites is 2. The third-order valence-electron chi connectivity index (χ3n) is 5.23. The summed E-state index contributed by atoms with van der Waals surface area (Å²) in [7, 11) is 9.53. The van der Waals surface area contributed by atoms with Gasteiger partial charge in [-0.3, -0.25) is 9.98 Å². The quantitative estimate of drug-likeness (QED) is 0.235. The van der Waals surface area contributed by atoms with Crippen molar-refractivity contribution in [1.82, 2.24) is 4.98 Å². The van der Waals surface area contributed by atoms with Crippen molar-refractivity contribution < 1.29 is 13.1 Å². The molecule has 0 radical (unpaired) electrons. The molecule has 0 aliphatic carbocycles. The first-order valence-electron chi connectivity index (χ1n) is 10.9. The van der Waals surface area contributed by atoms with E-state index in [1.54, 1.807) is 0 Å². The van der Waals surface area contributed by atoms with E-state index >= 15 is 0 Å². The van der Waals surface area contributed by atoms with Crippen molar-refractivity contribution in [3.05, 3.63) is 88.2 Å². The molecule has 0 fully saturated rings. The Kier molecular flexibility index (Phi) is 11.3. The molecule has 6 heteroatoms. The Hall–Kier alpha value is -1.97. The van der Waals surface area contributed by atoms with Crippen LogP contribution in [0.15, 0.2) is 64.6 Å². The van der Waals surface area contributed by atoms with E-state index in [2.05, 4.69) is 82.9 Å². The molecule has 3 aromatic rings. The molecule has 33 heavy (non-hydrogen) atoms. The molecule has 1 heterocycles. The zero-order chi connectivity index (χ0) is 24.4. The number of aliphatic imine (C=N–C) groups is 2. The minimum atomic E-state index is 0.194. The summed E-state index contributed by atoms with van der Waals surface area (Å²) >= 11 is 0.194. The molecule has 0 unspecified atom stereocenters. The predicted octanol–water partition coefficient (Wildman–Crippen LogP) is 8.82. The number of nitrogens with zero attached hydrogens (tertiary/aromatic N) is 3. The Balaban J connectivity index is 0.00000122. The second kappa shape index (κ2) is 13.7. The molecule has 0 bridgehead atoms. The van der Waals surface area contributed by atoms with Crippen LogP contribution < -0.4 is 0 Å². The zero-order valence-corrected chi connectivity index (χ0v) is 22.6. The van der Waals surface area contributed by atoms with Crippen LogP contribution in [0.4, 0.5) is 11.4 Å². The number of halogens is 2. The van der Waals surface area contributed by atoms with E-state index < -0.39 is 0 Å². The zero-order valence-electron chi connectivity index (χ0n) is 20.0. The number of hydrogen-bond acceptors (Lipinski definition) is 3. The van der Waals surface area contributed by atoms with Crippen molar-refractivity contribution in [2.45, 2.75) is 53.4 Å². The first-order valence-corrected chi connectivity index (χ1v) is 13.9. The molecular weight excluding hydrogens is 493 g/mol. The maximum absolute atomic E-state index is 4.87. The second-order valence-electron chi connectivity index (χ2n) is 8.39. The summed E-state index contributed by atoms with van der Waals surface area (Å²) in [5, 5.41) is 0. The molecule has 0 aliphatic heterocycles. The Morgan fingerprint density at radius 2 is 1.09 bits per heavy atom. The van der Waals surface area contributed by atoms with E-state index in [9.17, 15) is 0 Å². The summed E-state index contributed by atoms with van der Waals surface area (Å²) in [5.41, 5.74) is 8.59. The molecule has 1 aromatic heterocycles. The van der Waals surface area contributed by atoms with Gasteiger partial charge in [-0.2, -0.15) is 0 Å². The van der Waals surface area contributed by atoms with Crippen molar-refractivity contribution in [3.63, 3.8) is 0 Å². The van der Waals surface area contributed by atoms with Gasteiger partial charge < -0.3 is 0 Å². The van der Waals surface area contributed by atoms with Crippen LogP contribution in [0.2, 0.25) is 0 Å². The fourth-order valence-corrected chi connectivity index (χ4v) is 3.54. The summed E-state index contributed by atoms with van der Waals surface area (Å²) in [5.74, 6) is 0.833. The number of aryl methyl sites for hydroxylation is 2. The van der Waals surface area contributed by atoms with Gasteiger partial charge in [0.05, 0.1) is 35.2 Å². The van der Waals surface area contributed by atoms with Crippen LogP contribution in [0.3, 0.4) is 0 Å². The number of benzene rings is 2. The number of hydrogen-bond donors (Lipinski definition) is 0. The Morgan fingerprint density at radius 1 is 0.697 bits per heavy atom. The van der Waals surface area contributed by atoms with Gasteiger partial charge in [0.2, 0.25) is 0 Å². The van der Waals surface area contributed by atoms with Crippen molar-refractivity contribution in [3.8, 4) is 0 Å². The van der Waals surface area contributed by atoms with Crippen LogP contribution in [0.5, 0.6) is 0 Å². The van der Waals surface area contributed by atoms with Crippen LogP contribution in [-0.2, 0) is 13.1 Å². The van der Waals surface area contributed by atoms with Gasteiger partial charge in [-0.15, -0.1) is 0 Å². The van der Waals surface area contributed by atoms with E-state index in [1.807, 2.05) is 30.6 Å². The average Bonchev–Trinajstić information content (AvgIpc) is 2.78. The number of pyridine rings is 1. The van der Waals surface area contributed by atoms with Gasteiger partial charge in [0.1, 0.15) is 0 Å². The Labute approximate surface area is 213 Å². The standard InChI is InChI=1S/C27H31N3.2ClH.Fe/c1-18(2)24-14-9-15-25(19(3)4)27(24)29-17-23-13-8-12-22(30-23)16-28-26-20(5)10-7-11-21(26)6;;;/h7-19H,1-6H3;2*1H;/q;;;+2/p-2. The van der Waals surface area contributed by atoms with Crippen LogP contribution in [0.25, 0.3) is 0 Å². The first kappa shape index (κ1) is 27.3. The molecule has 0 spiro atoms. The molecule has 0 atom stereocenters. The molecule has 2 aromatic carbocycles. The van der Waals surface area contributed by atoms with Crippen molar-refractivity contribution >= 4 is 44.0 Å². The van der Waals surface area contributed by atoms with Gasteiger partial charge in [-0.05, 0) is 60.1 Å². The third-order valence-corrected chi connectivity index (χ3v) is 5.23. The normalized spacial score (nSPS) is 11.6. The average molecular weight is 524 g/mol. The molecule has 0 saturated heterocycles. The summed E-state index contributed by atoms with van der Waals surface area (Å²) < 4.78 is 0. The van der Waals surface area contributed by atoms with E-state index in [4.69, 9.17) is 30.2 Å². The third kappa shape index (κ3) is 8.08. The molecule has 0 amide bonds. The first-order chi connectivity index (χ1) is 15.8. The van der Waals surface area contributed by atoms with Crippen LogP contribution in [0, 0.1) is 13.8 Å². The number of aromatic nitrogens is 1. The summed E-state index contributed by atoms with van der Waals surface area (Å²) in [4.78, 5) is 14.3. The molecular formula is C27H31Cl2FeN3. The van der Waals surface area contributed by atoms with Crippen LogP contribution >= 0.6 is 20.2 Å². The van der Waals surface area contributed by atoms with Crippen LogP contribution in [-0.4, -0.2) is 17.4 Å². The topological polar surface area (TPSA) is 37.6 Å². The van der Waals surface area contributed by atoms with Crippen molar-refractivity contribution in [1.29, 1.82) is 0 Å². The minimum absolute atomic E-state index is 0.194. The molecule has 3 rings (SSSR count). The summed E-state index contributed by atoms with van der Waals surface area (Å²) in [6, 6.07) is 18.6. The van der Waals surface area contributed by atoms with Gasteiger partial charge in [-0.25, -0.2) is 4.98 Å². The van der Waals surface area contributed by atoms with E-state index in [1.165, 1.54) is 11.1 Å². The molecule has 176 valence electrons. The maximum atomic E-state index is 4.87. The molecule has 3 nitrogen and oxygen atoms in total. The van der Waals surface area contributed by atoms with Gasteiger partial charge in [-0.1, -0.05) is 70.2 Å². The molecule has 0 N–H and O–H groups in total. The SMILES string of the molecule is Cc1cccc(C)c1N=Cc1cccc(C=Nc2c(C(C)C)cccc2C(C)C)n1.[Cl][Fe][Cl]. The molecule has 0 aliphatic rings. The van der Waals surface area contributed by atoms with E-state index in [0.717, 1.165) is 33.9 Å². The van der Waals surface area contributed by atoms with Crippen molar-refractivity contribution in [2.24, 2.45) is 9.98 Å². The summed E-state index contributed by atoms with van der Waals surface area (Å²) in [6.07, 6.45) is 3.69. The van der Waals surface area contributed by atoms with Gasteiger partial charge in [0.15, 0.2) is 0 Å². The number of rotatable bonds is 6. The fraction of sp³-hybridized carbons (Fsp3) is 0.296. The van der Waals surface area contributed by atoms with Gasteiger partial charge in [0.25, 0.3) is 0 Å². The van der Waals surface area contributed by atoms with Gasteiger partial charge >= 0.3 is 33.3 Å². The fourth-order valence-electron chi connectivity index (χ4n) is 3.54. The molecule has 0 saturated carbocycles. The second-order valence-corrected chi connectivity index (χ2v) is 10.2. The van der Waals surface area contributed by atoms with Gasteiger partial charge in [0, 0.05) is 0 Å².